The van der Waals surface area contributed by atoms with Crippen molar-refractivity contribution in [2.45, 2.75) is 57.9 Å². The molecule has 1 aliphatic carbocycles. The molecule has 2 unspecified atom stereocenters. The molecule has 0 saturated heterocycles. The highest BCUT2D eigenvalue weighted by Gasteiger charge is 2.27. The molecule has 0 radical (unpaired) electrons. The highest BCUT2D eigenvalue weighted by molar-refractivity contribution is 5.92. The fraction of sp³-hybridized carbons (Fsp3) is 0.714. The van der Waals surface area contributed by atoms with E-state index in [2.05, 4.69) is 29.4 Å². The van der Waals surface area contributed by atoms with E-state index in [4.69, 9.17) is 5.73 Å². The molecule has 106 valence electrons. The molecule has 1 amide bonds. The Morgan fingerprint density at radius 3 is 2.84 bits per heavy atom. The Kier molecular flexibility index (Phi) is 4.58. The summed E-state index contributed by atoms with van der Waals surface area (Å²) in [6, 6.07) is 1.87. The van der Waals surface area contributed by atoms with Gasteiger partial charge in [-0.3, -0.25) is 9.89 Å². The van der Waals surface area contributed by atoms with Gasteiger partial charge in [0.1, 0.15) is 0 Å². The maximum atomic E-state index is 12.3. The zero-order valence-electron chi connectivity index (χ0n) is 11.8. The van der Waals surface area contributed by atoms with Crippen LogP contribution in [0.4, 0.5) is 5.82 Å². The number of carbonyl (C=O) groups is 1. The summed E-state index contributed by atoms with van der Waals surface area (Å²) in [6.07, 6.45) is 5.22. The Morgan fingerprint density at radius 2 is 2.16 bits per heavy atom. The zero-order chi connectivity index (χ0) is 13.8. The maximum absolute atomic E-state index is 12.3. The molecule has 1 aromatic rings. The number of anilines is 1. The van der Waals surface area contributed by atoms with Gasteiger partial charge in [0.2, 0.25) is 5.91 Å². The summed E-state index contributed by atoms with van der Waals surface area (Å²) in [4.78, 5) is 12.3. The molecule has 1 saturated carbocycles. The summed E-state index contributed by atoms with van der Waals surface area (Å²) in [5, 5.41) is 9.95. The van der Waals surface area contributed by atoms with Gasteiger partial charge in [-0.05, 0) is 18.8 Å². The second kappa shape index (κ2) is 6.19. The molecule has 0 aliphatic heterocycles. The number of hydrogen-bond donors (Lipinski definition) is 3. The summed E-state index contributed by atoms with van der Waals surface area (Å²) < 4.78 is 0. The molecule has 5 heteroatoms. The average Bonchev–Trinajstić information content (AvgIpc) is 2.71. The van der Waals surface area contributed by atoms with Crippen LogP contribution in [-0.4, -0.2) is 22.1 Å². The van der Waals surface area contributed by atoms with Crippen LogP contribution in [0.15, 0.2) is 6.07 Å². The van der Waals surface area contributed by atoms with Crippen LogP contribution in [0.3, 0.4) is 0 Å². The van der Waals surface area contributed by atoms with E-state index in [1.165, 1.54) is 6.42 Å². The standard InChI is InChI=1S/C14H24N4O/c1-9(2)12-8-13(18-17-12)16-14(19)10-6-4-3-5-7-11(10)15/h8-11H,3-7,15H2,1-2H3,(H2,16,17,18,19). The average molecular weight is 264 g/mol. The van der Waals surface area contributed by atoms with Gasteiger partial charge >= 0.3 is 0 Å². The number of rotatable bonds is 3. The summed E-state index contributed by atoms with van der Waals surface area (Å²) in [7, 11) is 0. The Labute approximate surface area is 114 Å². The molecule has 1 heterocycles. The van der Waals surface area contributed by atoms with E-state index >= 15 is 0 Å². The van der Waals surface area contributed by atoms with Crippen molar-refractivity contribution in [3.05, 3.63) is 11.8 Å². The third kappa shape index (κ3) is 3.56. The van der Waals surface area contributed by atoms with E-state index in [9.17, 15) is 4.79 Å². The number of hydrogen-bond acceptors (Lipinski definition) is 3. The molecule has 0 bridgehead atoms. The van der Waals surface area contributed by atoms with Crippen LogP contribution >= 0.6 is 0 Å². The quantitative estimate of drug-likeness (QED) is 0.733. The van der Waals surface area contributed by atoms with Crippen molar-refractivity contribution in [2.75, 3.05) is 5.32 Å². The lowest BCUT2D eigenvalue weighted by molar-refractivity contribution is -0.120. The Hall–Kier alpha value is -1.36. The van der Waals surface area contributed by atoms with Crippen LogP contribution in [0.25, 0.3) is 0 Å². The van der Waals surface area contributed by atoms with Crippen LogP contribution in [0.5, 0.6) is 0 Å². The number of carbonyl (C=O) groups excluding carboxylic acids is 1. The predicted molar refractivity (Wildman–Crippen MR) is 75.9 cm³/mol. The minimum Gasteiger partial charge on any atom is -0.327 e. The van der Waals surface area contributed by atoms with Gasteiger partial charge in [-0.2, -0.15) is 5.10 Å². The third-order valence-corrected chi connectivity index (χ3v) is 3.88. The highest BCUT2D eigenvalue weighted by atomic mass is 16.2. The number of aromatic nitrogens is 2. The third-order valence-electron chi connectivity index (χ3n) is 3.88. The number of amides is 1. The normalized spacial score (nSPS) is 24.2. The topological polar surface area (TPSA) is 83.8 Å². The number of aromatic amines is 1. The number of nitrogens with one attached hydrogen (secondary N) is 2. The number of H-pyrrole nitrogens is 1. The Balaban J connectivity index is 1.98. The van der Waals surface area contributed by atoms with E-state index in [1.54, 1.807) is 0 Å². The van der Waals surface area contributed by atoms with Crippen molar-refractivity contribution in [1.29, 1.82) is 0 Å². The molecule has 5 nitrogen and oxygen atoms in total. The van der Waals surface area contributed by atoms with Crippen LogP contribution < -0.4 is 11.1 Å². The van der Waals surface area contributed by atoms with Crippen molar-refractivity contribution < 1.29 is 4.79 Å². The van der Waals surface area contributed by atoms with E-state index in [1.807, 2.05) is 6.07 Å². The molecule has 0 aromatic carbocycles. The van der Waals surface area contributed by atoms with Crippen molar-refractivity contribution in [2.24, 2.45) is 11.7 Å². The van der Waals surface area contributed by atoms with Crippen molar-refractivity contribution in [1.82, 2.24) is 10.2 Å². The molecule has 1 aliphatic rings. The van der Waals surface area contributed by atoms with E-state index in [-0.39, 0.29) is 17.9 Å². The van der Waals surface area contributed by atoms with Crippen molar-refractivity contribution >= 4 is 11.7 Å². The predicted octanol–water partition coefficient (Wildman–Crippen LogP) is 2.38. The van der Waals surface area contributed by atoms with Crippen LogP contribution in [0.1, 0.15) is 57.6 Å². The minimum absolute atomic E-state index is 0.0104. The summed E-state index contributed by atoms with van der Waals surface area (Å²) >= 11 is 0. The highest BCUT2D eigenvalue weighted by Crippen LogP contribution is 2.24. The molecule has 19 heavy (non-hydrogen) atoms. The van der Waals surface area contributed by atoms with E-state index in [0.717, 1.165) is 31.4 Å². The molecule has 1 aromatic heterocycles. The van der Waals surface area contributed by atoms with Crippen molar-refractivity contribution in [3.8, 4) is 0 Å². The van der Waals surface area contributed by atoms with Gasteiger partial charge in [-0.15, -0.1) is 0 Å². The van der Waals surface area contributed by atoms with Gasteiger partial charge in [-0.25, -0.2) is 0 Å². The number of nitrogens with zero attached hydrogens (tertiary/aromatic N) is 1. The lowest BCUT2D eigenvalue weighted by Gasteiger charge is -2.19. The fourth-order valence-corrected chi connectivity index (χ4v) is 2.58. The van der Waals surface area contributed by atoms with E-state index in [0.29, 0.717) is 11.7 Å². The minimum atomic E-state index is -0.0818. The SMILES string of the molecule is CC(C)c1cc(NC(=O)C2CCCCCC2N)n[nH]1. The van der Waals surface area contributed by atoms with Crippen molar-refractivity contribution in [3.63, 3.8) is 0 Å². The van der Waals surface area contributed by atoms with Gasteiger partial charge < -0.3 is 11.1 Å². The lowest BCUT2D eigenvalue weighted by Crippen LogP contribution is -2.37. The van der Waals surface area contributed by atoms with Gasteiger partial charge in [0.05, 0.1) is 5.92 Å². The van der Waals surface area contributed by atoms with Crippen LogP contribution in [-0.2, 0) is 4.79 Å². The Bertz CT molecular complexity index is 427. The first-order valence-electron chi connectivity index (χ1n) is 7.19. The zero-order valence-corrected chi connectivity index (χ0v) is 11.8. The smallest absolute Gasteiger partial charge is 0.230 e. The Morgan fingerprint density at radius 1 is 1.42 bits per heavy atom. The van der Waals surface area contributed by atoms with Gasteiger partial charge in [-0.1, -0.05) is 33.1 Å². The largest absolute Gasteiger partial charge is 0.327 e. The second-order valence-electron chi connectivity index (χ2n) is 5.76. The second-order valence-corrected chi connectivity index (χ2v) is 5.76. The first kappa shape index (κ1) is 14.1. The molecule has 1 fully saturated rings. The molecule has 4 N–H and O–H groups in total. The molecular formula is C14H24N4O. The molecule has 2 rings (SSSR count). The van der Waals surface area contributed by atoms with E-state index < -0.39 is 0 Å². The fourth-order valence-electron chi connectivity index (χ4n) is 2.58. The molecule has 2 atom stereocenters. The number of nitrogens with two attached hydrogens (primary N) is 1. The molecular weight excluding hydrogens is 240 g/mol. The summed E-state index contributed by atoms with van der Waals surface area (Å²) in [5.74, 6) is 0.904. The summed E-state index contributed by atoms with van der Waals surface area (Å²) in [6.45, 7) is 4.17. The first-order valence-corrected chi connectivity index (χ1v) is 7.19. The first-order chi connectivity index (χ1) is 9.08. The lowest BCUT2D eigenvalue weighted by atomic mass is 9.94. The molecule has 0 spiro atoms. The monoisotopic (exact) mass is 264 g/mol. The van der Waals surface area contributed by atoms with Crippen LogP contribution in [0, 0.1) is 5.92 Å². The summed E-state index contributed by atoms with van der Waals surface area (Å²) in [5.41, 5.74) is 7.13. The maximum Gasteiger partial charge on any atom is 0.230 e. The van der Waals surface area contributed by atoms with Crippen LogP contribution in [0.2, 0.25) is 0 Å². The van der Waals surface area contributed by atoms with Gasteiger partial charge in [0, 0.05) is 17.8 Å². The van der Waals surface area contributed by atoms with Gasteiger partial charge in [0.25, 0.3) is 0 Å². The van der Waals surface area contributed by atoms with Gasteiger partial charge in [0.15, 0.2) is 5.82 Å².